The summed E-state index contributed by atoms with van der Waals surface area (Å²) in [5.41, 5.74) is 0.271. The molecule has 2 amide bonds. The Bertz CT molecular complexity index is 634. The maximum absolute atomic E-state index is 12.2. The molecule has 118 valence electrons. The SMILES string of the molecule is CC(C)(C)C(=O)OCCCN1C(=O)c2ccc(Br)cc2C1=O. The molecule has 1 aromatic carbocycles. The van der Waals surface area contributed by atoms with Crippen LogP contribution in [0.4, 0.5) is 0 Å². The van der Waals surface area contributed by atoms with Crippen molar-refractivity contribution < 1.29 is 19.1 Å². The quantitative estimate of drug-likeness (QED) is 0.466. The molecule has 0 bridgehead atoms. The van der Waals surface area contributed by atoms with E-state index in [1.54, 1.807) is 39.0 Å². The fourth-order valence-electron chi connectivity index (χ4n) is 2.07. The number of hydrogen-bond donors (Lipinski definition) is 0. The molecule has 6 heteroatoms. The van der Waals surface area contributed by atoms with Crippen molar-refractivity contribution in [3.8, 4) is 0 Å². The van der Waals surface area contributed by atoms with Crippen molar-refractivity contribution >= 4 is 33.7 Å². The van der Waals surface area contributed by atoms with E-state index < -0.39 is 5.41 Å². The maximum Gasteiger partial charge on any atom is 0.311 e. The van der Waals surface area contributed by atoms with E-state index in [1.807, 2.05) is 0 Å². The molecule has 1 heterocycles. The Morgan fingerprint density at radius 3 is 2.45 bits per heavy atom. The van der Waals surface area contributed by atoms with Crippen LogP contribution < -0.4 is 0 Å². The van der Waals surface area contributed by atoms with Crippen LogP contribution in [0.5, 0.6) is 0 Å². The third kappa shape index (κ3) is 3.38. The van der Waals surface area contributed by atoms with E-state index in [0.717, 1.165) is 4.47 Å². The van der Waals surface area contributed by atoms with E-state index in [2.05, 4.69) is 15.9 Å². The fraction of sp³-hybridized carbons (Fsp3) is 0.438. The van der Waals surface area contributed by atoms with Crippen molar-refractivity contribution in [1.82, 2.24) is 4.90 Å². The minimum Gasteiger partial charge on any atom is -0.465 e. The average Bonchev–Trinajstić information content (AvgIpc) is 2.66. The zero-order chi connectivity index (χ0) is 16.5. The molecule has 0 unspecified atom stereocenters. The van der Waals surface area contributed by atoms with Gasteiger partial charge in [-0.3, -0.25) is 19.3 Å². The van der Waals surface area contributed by atoms with Gasteiger partial charge >= 0.3 is 5.97 Å². The summed E-state index contributed by atoms with van der Waals surface area (Å²) in [7, 11) is 0. The van der Waals surface area contributed by atoms with E-state index in [4.69, 9.17) is 4.74 Å². The number of rotatable bonds is 4. The molecule has 0 saturated carbocycles. The summed E-state index contributed by atoms with van der Waals surface area (Å²) in [5.74, 6) is -0.892. The first-order chi connectivity index (χ1) is 10.2. The highest BCUT2D eigenvalue weighted by Gasteiger charge is 2.35. The summed E-state index contributed by atoms with van der Waals surface area (Å²) in [6, 6.07) is 5.02. The first-order valence-electron chi connectivity index (χ1n) is 7.05. The van der Waals surface area contributed by atoms with Crippen molar-refractivity contribution in [2.24, 2.45) is 5.41 Å². The number of esters is 1. The first kappa shape index (κ1) is 16.7. The highest BCUT2D eigenvalue weighted by Crippen LogP contribution is 2.26. The molecule has 0 spiro atoms. The van der Waals surface area contributed by atoms with Gasteiger partial charge in [0.2, 0.25) is 0 Å². The maximum atomic E-state index is 12.2. The van der Waals surface area contributed by atoms with Gasteiger partial charge in [0.05, 0.1) is 23.1 Å². The smallest absolute Gasteiger partial charge is 0.311 e. The molecule has 0 aromatic heterocycles. The van der Waals surface area contributed by atoms with Crippen molar-refractivity contribution in [2.45, 2.75) is 27.2 Å². The number of benzene rings is 1. The van der Waals surface area contributed by atoms with Crippen molar-refractivity contribution in [3.63, 3.8) is 0 Å². The van der Waals surface area contributed by atoms with E-state index in [-0.39, 0.29) is 30.9 Å². The number of carbonyl (C=O) groups excluding carboxylic acids is 3. The Kier molecular flexibility index (Phi) is 4.70. The van der Waals surface area contributed by atoms with Crippen molar-refractivity contribution in [3.05, 3.63) is 33.8 Å². The molecule has 1 aromatic rings. The van der Waals surface area contributed by atoms with Gasteiger partial charge in [-0.15, -0.1) is 0 Å². The van der Waals surface area contributed by atoms with Crippen LogP contribution in [-0.4, -0.2) is 35.8 Å². The molecule has 5 nitrogen and oxygen atoms in total. The lowest BCUT2D eigenvalue weighted by Crippen LogP contribution is -2.32. The van der Waals surface area contributed by atoms with E-state index in [9.17, 15) is 14.4 Å². The molecule has 1 aliphatic rings. The molecule has 2 rings (SSSR count). The Labute approximate surface area is 137 Å². The summed E-state index contributed by atoms with van der Waals surface area (Å²) >= 11 is 3.29. The Hall–Kier alpha value is -1.69. The number of ether oxygens (including phenoxy) is 1. The summed E-state index contributed by atoms with van der Waals surface area (Å²) < 4.78 is 5.90. The van der Waals surface area contributed by atoms with Crippen LogP contribution in [0.1, 0.15) is 47.9 Å². The highest BCUT2D eigenvalue weighted by molar-refractivity contribution is 9.10. The normalized spacial score (nSPS) is 14.3. The molecule has 0 saturated heterocycles. The topological polar surface area (TPSA) is 63.7 Å². The number of amides is 2. The van der Waals surface area contributed by atoms with Gasteiger partial charge in [-0.2, -0.15) is 0 Å². The molecule has 0 radical (unpaired) electrons. The lowest BCUT2D eigenvalue weighted by molar-refractivity contribution is -0.153. The van der Waals surface area contributed by atoms with Gasteiger partial charge in [-0.25, -0.2) is 0 Å². The third-order valence-corrected chi connectivity index (χ3v) is 3.80. The van der Waals surface area contributed by atoms with Gasteiger partial charge in [0, 0.05) is 11.0 Å². The second kappa shape index (κ2) is 6.20. The van der Waals surface area contributed by atoms with Crippen molar-refractivity contribution in [2.75, 3.05) is 13.2 Å². The Morgan fingerprint density at radius 1 is 1.18 bits per heavy atom. The lowest BCUT2D eigenvalue weighted by Gasteiger charge is -2.18. The number of imide groups is 1. The molecule has 0 atom stereocenters. The van der Waals surface area contributed by atoms with E-state index >= 15 is 0 Å². The van der Waals surface area contributed by atoms with Crippen LogP contribution >= 0.6 is 15.9 Å². The van der Waals surface area contributed by atoms with Gasteiger partial charge in [0.1, 0.15) is 0 Å². The number of carbonyl (C=O) groups is 3. The minimum absolute atomic E-state index is 0.188. The number of nitrogens with zero attached hydrogens (tertiary/aromatic N) is 1. The monoisotopic (exact) mass is 367 g/mol. The standard InChI is InChI=1S/C16H18BrNO4/c1-16(2,3)15(21)22-8-4-7-18-13(19)11-6-5-10(17)9-12(11)14(18)20/h5-6,9H,4,7-8H2,1-3H3. The van der Waals surface area contributed by atoms with Crippen LogP contribution in [0.2, 0.25) is 0 Å². The summed E-state index contributed by atoms with van der Waals surface area (Å²) in [6.45, 7) is 5.75. The first-order valence-corrected chi connectivity index (χ1v) is 7.84. The second-order valence-electron chi connectivity index (χ2n) is 6.19. The zero-order valence-electron chi connectivity index (χ0n) is 12.8. The van der Waals surface area contributed by atoms with Crippen LogP contribution in [-0.2, 0) is 9.53 Å². The summed E-state index contributed by atoms with van der Waals surface area (Å²) in [4.78, 5) is 37.2. The van der Waals surface area contributed by atoms with Crippen LogP contribution in [0.3, 0.4) is 0 Å². The third-order valence-electron chi connectivity index (χ3n) is 3.30. The molecule has 0 fully saturated rings. The lowest BCUT2D eigenvalue weighted by atomic mass is 9.97. The number of fused-ring (bicyclic) bond motifs is 1. The molecular formula is C16H18BrNO4. The minimum atomic E-state index is -0.554. The highest BCUT2D eigenvalue weighted by atomic mass is 79.9. The van der Waals surface area contributed by atoms with Gasteiger partial charge in [-0.05, 0) is 45.4 Å². The Morgan fingerprint density at radius 2 is 1.82 bits per heavy atom. The van der Waals surface area contributed by atoms with Crippen LogP contribution in [0.15, 0.2) is 22.7 Å². The van der Waals surface area contributed by atoms with Gasteiger partial charge < -0.3 is 4.74 Å². The zero-order valence-corrected chi connectivity index (χ0v) is 14.4. The molecule has 22 heavy (non-hydrogen) atoms. The van der Waals surface area contributed by atoms with E-state index in [1.165, 1.54) is 4.90 Å². The second-order valence-corrected chi connectivity index (χ2v) is 7.11. The number of hydrogen-bond acceptors (Lipinski definition) is 4. The number of halogens is 1. The van der Waals surface area contributed by atoms with Gasteiger partial charge in [0.15, 0.2) is 0 Å². The Balaban J connectivity index is 1.92. The van der Waals surface area contributed by atoms with Crippen LogP contribution in [0, 0.1) is 5.41 Å². The van der Waals surface area contributed by atoms with E-state index in [0.29, 0.717) is 17.5 Å². The molecule has 0 aliphatic carbocycles. The molecular weight excluding hydrogens is 350 g/mol. The van der Waals surface area contributed by atoms with Gasteiger partial charge in [0.25, 0.3) is 11.8 Å². The van der Waals surface area contributed by atoms with Crippen LogP contribution in [0.25, 0.3) is 0 Å². The van der Waals surface area contributed by atoms with Gasteiger partial charge in [-0.1, -0.05) is 15.9 Å². The predicted molar refractivity (Wildman–Crippen MR) is 84.5 cm³/mol. The fourth-order valence-corrected chi connectivity index (χ4v) is 2.43. The molecule has 0 N–H and O–H groups in total. The predicted octanol–water partition coefficient (Wildman–Crippen LogP) is 3.02. The summed E-state index contributed by atoms with van der Waals surface area (Å²) in [5, 5.41) is 0. The summed E-state index contributed by atoms with van der Waals surface area (Å²) in [6.07, 6.45) is 0.425. The van der Waals surface area contributed by atoms with Crippen molar-refractivity contribution in [1.29, 1.82) is 0 Å². The molecule has 1 aliphatic heterocycles. The largest absolute Gasteiger partial charge is 0.465 e. The average molecular weight is 368 g/mol.